The van der Waals surface area contributed by atoms with E-state index in [0.29, 0.717) is 33.8 Å². The minimum atomic E-state index is -0.381. The van der Waals surface area contributed by atoms with Crippen molar-refractivity contribution in [3.8, 4) is 39.6 Å². The number of hydrogen-bond acceptors (Lipinski definition) is 4. The summed E-state index contributed by atoms with van der Waals surface area (Å²) in [4.78, 5) is 8.46. The molecule has 0 fully saturated rings. The fraction of sp³-hybridized carbons (Fsp3) is 0.0769. The third-order valence-electron chi connectivity index (χ3n) is 10.2. The molecule has 0 saturated carbocycles. The van der Waals surface area contributed by atoms with Gasteiger partial charge in [-0.25, -0.2) is 4.98 Å². The standard InChI is InChI=1S/C52H39N4O.Pt/c1-52(2,3)38-30-31-53-50(32-38)56-46-25-11-10-22-44(46)45-29-28-41(34-49(45)56)57-40-21-14-20-39(33-40)54-35-55(48-27-13-12-26-47(48)54)51-42(36-16-6-4-7-17-36)23-15-24-43(51)37-18-8-5-9-19-37;/h4-32,35H,1-3H3;/q-3;/i10D,11D,14D,15D,20D,21D,22D,25D;. The normalized spacial score (nSPS) is 14.4. The van der Waals surface area contributed by atoms with Crippen molar-refractivity contribution < 1.29 is 36.8 Å². The van der Waals surface area contributed by atoms with E-state index < -0.39 is 0 Å². The predicted molar refractivity (Wildman–Crippen MR) is 234 cm³/mol. The van der Waals surface area contributed by atoms with Gasteiger partial charge < -0.3 is 19.1 Å². The van der Waals surface area contributed by atoms with Crippen LogP contribution in [0.15, 0.2) is 176 Å². The number of benzene rings is 7. The number of para-hydroxylation sites is 4. The van der Waals surface area contributed by atoms with Crippen molar-refractivity contribution in [3.05, 3.63) is 200 Å². The molecule has 0 spiro atoms. The van der Waals surface area contributed by atoms with Crippen LogP contribution in [-0.4, -0.2) is 9.55 Å². The third kappa shape index (κ3) is 6.66. The SMILES string of the molecule is [2H]c1cc(-c2ccccc2)c(N2[CH-]N(c3[c-]c(Oc4[c-]c5c(cc4)c4c([2H])c([2H])c([2H])c([2H])c4n5-c4cc(C(C)(C)C)ccn4)c([2H])c([2H])c3[2H])c3ccccc32)c(-c2ccccc2)c1.[Pt]. The van der Waals surface area contributed by atoms with Crippen LogP contribution in [0.3, 0.4) is 0 Å². The number of anilines is 4. The van der Waals surface area contributed by atoms with Gasteiger partial charge in [0.25, 0.3) is 0 Å². The average molecular weight is 939 g/mol. The smallest absolute Gasteiger partial charge is 0.135 e. The van der Waals surface area contributed by atoms with Gasteiger partial charge in [0.2, 0.25) is 0 Å². The van der Waals surface area contributed by atoms with Gasteiger partial charge in [-0.15, -0.1) is 48.0 Å². The van der Waals surface area contributed by atoms with Crippen molar-refractivity contribution >= 4 is 44.6 Å². The minimum Gasteiger partial charge on any atom is -0.509 e. The van der Waals surface area contributed by atoms with Crippen molar-refractivity contribution in [3.63, 3.8) is 0 Å². The Hall–Kier alpha value is -6.42. The summed E-state index contributed by atoms with van der Waals surface area (Å²) in [7, 11) is 0. The summed E-state index contributed by atoms with van der Waals surface area (Å²) < 4.78 is 79.2. The molecule has 1 aliphatic rings. The van der Waals surface area contributed by atoms with Crippen LogP contribution >= 0.6 is 0 Å². The molecule has 7 aromatic carbocycles. The second-order valence-electron chi connectivity index (χ2n) is 14.8. The second kappa shape index (κ2) is 15.2. The van der Waals surface area contributed by atoms with E-state index in [-0.39, 0.29) is 91.5 Å². The van der Waals surface area contributed by atoms with Gasteiger partial charge in [0.05, 0.1) is 6.85 Å². The maximum atomic E-state index is 9.22. The molecule has 5 nitrogen and oxygen atoms in total. The van der Waals surface area contributed by atoms with Gasteiger partial charge in [-0.3, -0.25) is 0 Å². The maximum absolute atomic E-state index is 9.22. The zero-order chi connectivity index (χ0) is 45.5. The first-order chi connectivity index (χ1) is 31.2. The van der Waals surface area contributed by atoms with Crippen molar-refractivity contribution in [2.24, 2.45) is 0 Å². The van der Waals surface area contributed by atoms with E-state index in [0.717, 1.165) is 39.2 Å². The van der Waals surface area contributed by atoms with E-state index in [1.807, 2.05) is 121 Å². The summed E-state index contributed by atoms with van der Waals surface area (Å²) in [5, 5.41) is 0.794. The van der Waals surface area contributed by atoms with E-state index >= 15 is 0 Å². The van der Waals surface area contributed by atoms with Gasteiger partial charge in [-0.05, 0) is 60.5 Å². The van der Waals surface area contributed by atoms with Crippen LogP contribution in [0.2, 0.25) is 0 Å². The van der Waals surface area contributed by atoms with Crippen LogP contribution in [0.4, 0.5) is 22.7 Å². The zero-order valence-electron chi connectivity index (χ0n) is 39.7. The van der Waals surface area contributed by atoms with Gasteiger partial charge in [0.15, 0.2) is 0 Å². The summed E-state index contributed by atoms with van der Waals surface area (Å²) in [6, 6.07) is 42.9. The summed E-state index contributed by atoms with van der Waals surface area (Å²) in [5.74, 6) is 0.419. The van der Waals surface area contributed by atoms with E-state index in [4.69, 9.17) is 14.3 Å². The largest absolute Gasteiger partial charge is 0.509 e. The molecule has 0 radical (unpaired) electrons. The van der Waals surface area contributed by atoms with E-state index in [1.165, 1.54) is 0 Å². The topological polar surface area (TPSA) is 33.5 Å². The van der Waals surface area contributed by atoms with Gasteiger partial charge in [0, 0.05) is 73.8 Å². The van der Waals surface area contributed by atoms with E-state index in [1.54, 1.807) is 27.8 Å². The molecule has 0 saturated heterocycles. The number of ether oxygens (including phenoxy) is 1. The number of fused-ring (bicyclic) bond motifs is 4. The number of rotatable bonds is 7. The first-order valence-electron chi connectivity index (χ1n) is 22.6. The number of hydrogen-bond donors (Lipinski definition) is 0. The number of pyridine rings is 1. The zero-order valence-corrected chi connectivity index (χ0v) is 34.0. The minimum absolute atomic E-state index is 0. The molecule has 58 heavy (non-hydrogen) atoms. The van der Waals surface area contributed by atoms with Crippen LogP contribution in [0, 0.1) is 18.8 Å². The number of aromatic nitrogens is 2. The third-order valence-corrected chi connectivity index (χ3v) is 10.2. The molecule has 9 aromatic rings. The summed E-state index contributed by atoms with van der Waals surface area (Å²) in [5.41, 5.74) is 7.23. The molecule has 3 heterocycles. The quantitative estimate of drug-likeness (QED) is 0.149. The first kappa shape index (κ1) is 28.9. The summed E-state index contributed by atoms with van der Waals surface area (Å²) >= 11 is 0. The van der Waals surface area contributed by atoms with Crippen molar-refractivity contribution in [1.82, 2.24) is 9.55 Å². The molecular formula is C52H39N4OPt-3. The van der Waals surface area contributed by atoms with E-state index in [2.05, 4.69) is 37.9 Å². The fourth-order valence-electron chi connectivity index (χ4n) is 7.41. The fourth-order valence-corrected chi connectivity index (χ4v) is 7.41. The Labute approximate surface area is 365 Å². The van der Waals surface area contributed by atoms with Crippen molar-refractivity contribution in [2.45, 2.75) is 26.2 Å². The molecule has 0 N–H and O–H groups in total. The Morgan fingerprint density at radius 1 is 0.638 bits per heavy atom. The summed E-state index contributed by atoms with van der Waals surface area (Å²) in [6.07, 6.45) is 1.67. The van der Waals surface area contributed by atoms with Crippen LogP contribution in [0.5, 0.6) is 11.5 Å². The van der Waals surface area contributed by atoms with E-state index in [9.17, 15) is 1.37 Å². The monoisotopic (exact) mass is 938 g/mol. The Kier molecular flexibility index (Phi) is 7.55. The molecule has 2 aromatic heterocycles. The van der Waals surface area contributed by atoms with Crippen LogP contribution < -0.4 is 14.5 Å². The molecule has 6 heteroatoms. The Morgan fingerprint density at radius 2 is 1.31 bits per heavy atom. The Morgan fingerprint density at radius 3 is 2.02 bits per heavy atom. The van der Waals surface area contributed by atoms with Crippen LogP contribution in [-0.2, 0) is 26.5 Å². The molecule has 1 aliphatic heterocycles. The Balaban J connectivity index is 0.00000548. The molecule has 0 unspecified atom stereocenters. The molecule has 10 rings (SSSR count). The molecule has 0 amide bonds. The van der Waals surface area contributed by atoms with Crippen molar-refractivity contribution in [2.75, 3.05) is 9.80 Å². The number of nitrogens with zero attached hydrogens (tertiary/aromatic N) is 4. The van der Waals surface area contributed by atoms with Gasteiger partial charge >= 0.3 is 0 Å². The van der Waals surface area contributed by atoms with Gasteiger partial charge in [-0.2, -0.15) is 12.1 Å². The van der Waals surface area contributed by atoms with Gasteiger partial charge in [0.1, 0.15) is 5.82 Å². The van der Waals surface area contributed by atoms with Crippen LogP contribution in [0.1, 0.15) is 37.3 Å². The molecule has 0 bridgehead atoms. The van der Waals surface area contributed by atoms with Crippen LogP contribution in [0.25, 0.3) is 49.9 Å². The Bertz CT molecular complexity index is 3320. The molecule has 0 atom stereocenters. The first-order valence-corrected chi connectivity index (χ1v) is 18.6. The molecule has 0 aliphatic carbocycles. The second-order valence-corrected chi connectivity index (χ2v) is 14.8. The average Bonchev–Trinajstić information content (AvgIpc) is 3.86. The predicted octanol–water partition coefficient (Wildman–Crippen LogP) is 13.6. The molecular weight excluding hydrogens is 892 g/mol. The van der Waals surface area contributed by atoms with Crippen molar-refractivity contribution in [1.29, 1.82) is 0 Å². The molecule has 286 valence electrons. The van der Waals surface area contributed by atoms with Gasteiger partial charge in [-0.1, -0.05) is 135 Å². The maximum Gasteiger partial charge on any atom is 0.135 e. The summed E-state index contributed by atoms with van der Waals surface area (Å²) in [6.45, 7) is 8.06.